The number of ether oxygens (including phenoxy) is 2. The molecule has 0 spiro atoms. The lowest BCUT2D eigenvalue weighted by atomic mass is 9.95. The van der Waals surface area contributed by atoms with Crippen LogP contribution in [-0.4, -0.2) is 18.6 Å². The second-order valence-corrected chi connectivity index (χ2v) is 6.10. The van der Waals surface area contributed by atoms with Gasteiger partial charge in [0.05, 0.1) is 18.2 Å². The van der Waals surface area contributed by atoms with Crippen LogP contribution in [0.4, 0.5) is 4.79 Å². The van der Waals surface area contributed by atoms with E-state index in [1.165, 1.54) is 0 Å². The maximum Gasteiger partial charge on any atom is 0.338 e. The van der Waals surface area contributed by atoms with Crippen molar-refractivity contribution in [3.05, 3.63) is 77.0 Å². The largest absolute Gasteiger partial charge is 0.489 e. The van der Waals surface area contributed by atoms with Gasteiger partial charge in [-0.15, -0.1) is 0 Å². The third-order valence-corrected chi connectivity index (χ3v) is 4.23. The number of esters is 1. The Hall–Kier alpha value is -3.28. The van der Waals surface area contributed by atoms with E-state index in [9.17, 15) is 9.59 Å². The molecular formula is C21H22N2O4. The molecule has 27 heavy (non-hydrogen) atoms. The number of carbonyl (C=O) groups is 2. The molecule has 3 rings (SSSR count). The van der Waals surface area contributed by atoms with Crippen molar-refractivity contribution in [2.45, 2.75) is 26.5 Å². The number of urea groups is 1. The fourth-order valence-corrected chi connectivity index (χ4v) is 2.99. The summed E-state index contributed by atoms with van der Waals surface area (Å²) in [5.41, 5.74) is 2.57. The van der Waals surface area contributed by atoms with E-state index in [-0.39, 0.29) is 12.6 Å². The van der Waals surface area contributed by atoms with Gasteiger partial charge >= 0.3 is 12.0 Å². The zero-order valence-electron chi connectivity index (χ0n) is 15.3. The van der Waals surface area contributed by atoms with Gasteiger partial charge in [-0.3, -0.25) is 0 Å². The highest BCUT2D eigenvalue weighted by molar-refractivity contribution is 5.95. The molecule has 2 aromatic carbocycles. The Bertz CT molecular complexity index is 861. The van der Waals surface area contributed by atoms with E-state index in [0.29, 0.717) is 29.2 Å². The predicted molar refractivity (Wildman–Crippen MR) is 101 cm³/mol. The van der Waals surface area contributed by atoms with Crippen molar-refractivity contribution in [2.24, 2.45) is 0 Å². The van der Waals surface area contributed by atoms with Crippen molar-refractivity contribution in [1.29, 1.82) is 0 Å². The smallest absolute Gasteiger partial charge is 0.338 e. The first-order chi connectivity index (χ1) is 13.1. The minimum Gasteiger partial charge on any atom is -0.489 e. The van der Waals surface area contributed by atoms with Crippen molar-refractivity contribution in [1.82, 2.24) is 10.6 Å². The normalized spacial score (nSPS) is 16.4. The molecule has 0 bridgehead atoms. The van der Waals surface area contributed by atoms with Gasteiger partial charge in [-0.1, -0.05) is 48.5 Å². The van der Waals surface area contributed by atoms with Crippen LogP contribution in [0.1, 0.15) is 31.0 Å². The van der Waals surface area contributed by atoms with Gasteiger partial charge in [0.15, 0.2) is 0 Å². The Morgan fingerprint density at radius 2 is 1.78 bits per heavy atom. The summed E-state index contributed by atoms with van der Waals surface area (Å²) in [6.45, 7) is 4.07. The molecule has 0 aliphatic carbocycles. The number of amides is 2. The number of para-hydroxylation sites is 1. The number of nitrogens with one attached hydrogen (secondary N) is 2. The molecule has 1 atom stereocenters. The molecule has 0 saturated heterocycles. The first kappa shape index (κ1) is 18.5. The third kappa shape index (κ3) is 4.28. The van der Waals surface area contributed by atoms with Crippen LogP contribution < -0.4 is 15.4 Å². The Kier molecular flexibility index (Phi) is 5.76. The summed E-state index contributed by atoms with van der Waals surface area (Å²) in [5, 5.41) is 5.44. The van der Waals surface area contributed by atoms with Crippen LogP contribution in [0.15, 0.2) is 65.9 Å². The Morgan fingerprint density at radius 1 is 1.07 bits per heavy atom. The second kappa shape index (κ2) is 8.40. The summed E-state index contributed by atoms with van der Waals surface area (Å²) in [6.07, 6.45) is 0. The highest BCUT2D eigenvalue weighted by Crippen LogP contribution is 2.33. The molecule has 6 nitrogen and oxygen atoms in total. The monoisotopic (exact) mass is 366 g/mol. The predicted octanol–water partition coefficient (Wildman–Crippen LogP) is 3.46. The molecule has 0 radical (unpaired) electrons. The van der Waals surface area contributed by atoms with Crippen molar-refractivity contribution < 1.29 is 19.1 Å². The summed E-state index contributed by atoms with van der Waals surface area (Å²) in [4.78, 5) is 24.5. The fourth-order valence-electron chi connectivity index (χ4n) is 2.99. The lowest BCUT2D eigenvalue weighted by Crippen LogP contribution is -2.45. The van der Waals surface area contributed by atoms with Gasteiger partial charge < -0.3 is 20.1 Å². The molecule has 1 heterocycles. The van der Waals surface area contributed by atoms with Crippen LogP contribution in [0.25, 0.3) is 0 Å². The summed E-state index contributed by atoms with van der Waals surface area (Å²) in [6, 6.07) is 16.1. The summed E-state index contributed by atoms with van der Waals surface area (Å²) in [5.74, 6) is 0.133. The average molecular weight is 366 g/mol. The average Bonchev–Trinajstić information content (AvgIpc) is 2.67. The molecule has 0 aromatic heterocycles. The molecule has 2 amide bonds. The number of carbonyl (C=O) groups excluding carboxylic acids is 2. The molecule has 2 N–H and O–H groups in total. The van der Waals surface area contributed by atoms with Crippen LogP contribution in [-0.2, 0) is 16.1 Å². The second-order valence-electron chi connectivity index (χ2n) is 6.10. The Labute approximate surface area is 158 Å². The summed E-state index contributed by atoms with van der Waals surface area (Å²) < 4.78 is 11.2. The molecule has 1 aliphatic rings. The lowest BCUT2D eigenvalue weighted by molar-refractivity contribution is -0.139. The van der Waals surface area contributed by atoms with E-state index in [1.807, 2.05) is 54.6 Å². The number of rotatable bonds is 6. The number of benzene rings is 2. The standard InChI is InChI=1S/C21H22N2O4/c1-3-26-20(24)18-14(2)22-21(25)23-19(18)16-11-7-8-12-17(16)27-13-15-9-5-4-6-10-15/h4-12,19H,3,13H2,1-2H3,(H2,22,23,25)/t19-/m1/s1. The van der Waals surface area contributed by atoms with Gasteiger partial charge in [-0.25, -0.2) is 9.59 Å². The van der Waals surface area contributed by atoms with Crippen LogP contribution in [0.2, 0.25) is 0 Å². The van der Waals surface area contributed by atoms with Gasteiger partial charge in [-0.2, -0.15) is 0 Å². The van der Waals surface area contributed by atoms with Gasteiger partial charge in [-0.05, 0) is 25.5 Å². The van der Waals surface area contributed by atoms with Crippen molar-refractivity contribution in [2.75, 3.05) is 6.61 Å². The van der Waals surface area contributed by atoms with Gasteiger partial charge in [0.25, 0.3) is 0 Å². The third-order valence-electron chi connectivity index (χ3n) is 4.23. The first-order valence-corrected chi connectivity index (χ1v) is 8.81. The molecule has 0 saturated carbocycles. The van der Waals surface area contributed by atoms with E-state index < -0.39 is 12.0 Å². The fraction of sp³-hybridized carbons (Fsp3) is 0.238. The number of allylic oxidation sites excluding steroid dienone is 1. The first-order valence-electron chi connectivity index (χ1n) is 8.81. The summed E-state index contributed by atoms with van der Waals surface area (Å²) >= 11 is 0. The molecule has 2 aromatic rings. The van der Waals surface area contributed by atoms with Crippen LogP contribution in [0.5, 0.6) is 5.75 Å². The zero-order chi connectivity index (χ0) is 19.2. The number of hydrogen-bond acceptors (Lipinski definition) is 4. The maximum atomic E-state index is 12.5. The molecule has 0 fully saturated rings. The van der Waals surface area contributed by atoms with Gasteiger partial charge in [0.1, 0.15) is 12.4 Å². The van der Waals surface area contributed by atoms with E-state index in [1.54, 1.807) is 13.8 Å². The van der Waals surface area contributed by atoms with Crippen molar-refractivity contribution in [3.63, 3.8) is 0 Å². The molecule has 0 unspecified atom stereocenters. The van der Waals surface area contributed by atoms with E-state index in [0.717, 1.165) is 5.56 Å². The minimum atomic E-state index is -0.648. The zero-order valence-corrected chi connectivity index (χ0v) is 15.3. The maximum absolute atomic E-state index is 12.5. The van der Waals surface area contributed by atoms with Crippen molar-refractivity contribution in [3.8, 4) is 5.75 Å². The molecular weight excluding hydrogens is 344 g/mol. The van der Waals surface area contributed by atoms with Gasteiger partial charge in [0.2, 0.25) is 0 Å². The molecule has 140 valence electrons. The molecule has 6 heteroatoms. The lowest BCUT2D eigenvalue weighted by Gasteiger charge is -2.29. The summed E-state index contributed by atoms with van der Waals surface area (Å²) in [7, 11) is 0. The minimum absolute atomic E-state index is 0.252. The highest BCUT2D eigenvalue weighted by atomic mass is 16.5. The van der Waals surface area contributed by atoms with Crippen LogP contribution >= 0.6 is 0 Å². The topological polar surface area (TPSA) is 76.7 Å². The highest BCUT2D eigenvalue weighted by Gasteiger charge is 2.33. The van der Waals surface area contributed by atoms with E-state index >= 15 is 0 Å². The number of hydrogen-bond donors (Lipinski definition) is 2. The van der Waals surface area contributed by atoms with Gasteiger partial charge in [0, 0.05) is 11.3 Å². The van der Waals surface area contributed by atoms with E-state index in [2.05, 4.69) is 10.6 Å². The molecule has 1 aliphatic heterocycles. The SMILES string of the molecule is CCOC(=O)C1=C(C)NC(=O)N[C@@H]1c1ccccc1OCc1ccccc1. The van der Waals surface area contributed by atoms with Crippen LogP contribution in [0, 0.1) is 0 Å². The van der Waals surface area contributed by atoms with E-state index in [4.69, 9.17) is 9.47 Å². The van der Waals surface area contributed by atoms with Crippen molar-refractivity contribution >= 4 is 12.0 Å². The Balaban J connectivity index is 1.92. The quantitative estimate of drug-likeness (QED) is 0.768. The Morgan fingerprint density at radius 3 is 2.52 bits per heavy atom. The van der Waals surface area contributed by atoms with Crippen LogP contribution in [0.3, 0.4) is 0 Å².